The van der Waals surface area contributed by atoms with Crippen molar-refractivity contribution in [3.8, 4) is 0 Å². The van der Waals surface area contributed by atoms with Crippen molar-refractivity contribution in [3.63, 3.8) is 0 Å². The van der Waals surface area contributed by atoms with E-state index in [9.17, 15) is 0 Å². The molecule has 0 unspecified atom stereocenters. The van der Waals surface area contributed by atoms with Crippen LogP contribution >= 0.6 is 0 Å². The summed E-state index contributed by atoms with van der Waals surface area (Å²) in [5.74, 6) is 0. The van der Waals surface area contributed by atoms with E-state index in [0.717, 1.165) is 17.8 Å². The van der Waals surface area contributed by atoms with Gasteiger partial charge >= 0.3 is 0 Å². The Morgan fingerprint density at radius 3 is 2.23 bits per heavy atom. The van der Waals surface area contributed by atoms with Crippen LogP contribution in [0.15, 0.2) is 54.9 Å². The first kappa shape index (κ1) is 20.4. The molecule has 1 N–H and O–H groups in total. The van der Waals surface area contributed by atoms with Crippen molar-refractivity contribution < 1.29 is 9.47 Å². The molecule has 0 atom stereocenters. The second kappa shape index (κ2) is 9.70. The number of anilines is 1. The van der Waals surface area contributed by atoms with Gasteiger partial charge in [0.1, 0.15) is 0 Å². The van der Waals surface area contributed by atoms with Crippen LogP contribution in [0.3, 0.4) is 0 Å². The number of hydrogen-bond acceptors (Lipinski definition) is 4. The average Bonchev–Trinajstić information content (AvgIpc) is 2.61. The van der Waals surface area contributed by atoms with Gasteiger partial charge in [-0.2, -0.15) is 0 Å². The highest BCUT2D eigenvalue weighted by atomic mass is 16.5. The quantitative estimate of drug-likeness (QED) is 0.629. The lowest BCUT2D eigenvalue weighted by molar-refractivity contribution is -0.0271. The Kier molecular flexibility index (Phi) is 7.61. The molecule has 4 heteroatoms. The third kappa shape index (κ3) is 7.98. The van der Waals surface area contributed by atoms with Gasteiger partial charge in [-0.05, 0) is 23.8 Å². The van der Waals surface area contributed by atoms with Gasteiger partial charge in [-0.25, -0.2) is 0 Å². The Balaban J connectivity index is 1.65. The Labute approximate surface area is 157 Å². The van der Waals surface area contributed by atoms with Crippen LogP contribution in [0.25, 0.3) is 0 Å². The molecule has 2 aromatic rings. The highest BCUT2D eigenvalue weighted by Crippen LogP contribution is 2.21. The molecule has 1 aromatic carbocycles. The second-order valence-corrected chi connectivity index (χ2v) is 8.39. The Bertz CT molecular complexity index is 627. The van der Waals surface area contributed by atoms with Gasteiger partial charge in [-0.3, -0.25) is 4.98 Å². The van der Waals surface area contributed by atoms with E-state index < -0.39 is 0 Å². The molecule has 0 saturated heterocycles. The molecule has 4 nitrogen and oxygen atoms in total. The van der Waals surface area contributed by atoms with E-state index in [-0.39, 0.29) is 10.8 Å². The van der Waals surface area contributed by atoms with Crippen LogP contribution < -0.4 is 5.32 Å². The zero-order valence-corrected chi connectivity index (χ0v) is 16.5. The van der Waals surface area contributed by atoms with Crippen LogP contribution in [0.5, 0.6) is 0 Å². The van der Waals surface area contributed by atoms with Gasteiger partial charge in [0.25, 0.3) is 0 Å². The largest absolute Gasteiger partial charge is 0.384 e. The van der Waals surface area contributed by atoms with Crippen LogP contribution in [-0.4, -0.2) is 31.3 Å². The molecule has 0 spiro atoms. The number of hydrogen-bond donors (Lipinski definition) is 1. The summed E-state index contributed by atoms with van der Waals surface area (Å²) in [5.41, 5.74) is 2.27. The maximum absolute atomic E-state index is 6.02. The molecule has 0 aliphatic heterocycles. The van der Waals surface area contributed by atoms with Crippen LogP contribution in [0.4, 0.5) is 5.69 Å². The monoisotopic (exact) mass is 356 g/mol. The van der Waals surface area contributed by atoms with Gasteiger partial charge in [0, 0.05) is 35.5 Å². The van der Waals surface area contributed by atoms with Gasteiger partial charge in [-0.1, -0.05) is 52.0 Å². The number of aromatic nitrogens is 1. The van der Waals surface area contributed by atoms with Crippen molar-refractivity contribution in [3.05, 3.63) is 60.4 Å². The summed E-state index contributed by atoms with van der Waals surface area (Å²) < 4.78 is 11.9. The van der Waals surface area contributed by atoms with Crippen molar-refractivity contribution in [1.29, 1.82) is 0 Å². The van der Waals surface area contributed by atoms with Crippen molar-refractivity contribution in [1.82, 2.24) is 4.98 Å². The fraction of sp³-hybridized carbons (Fsp3) is 0.500. The third-order valence-corrected chi connectivity index (χ3v) is 4.01. The standard InChI is InChI=1S/C22H32N2O2/c1-21(2,15-24-20-10-6-5-7-11-20)16-26-18-22(3,4)17-25-14-19-9-8-12-23-13-19/h5-13,24H,14-18H2,1-4H3. The van der Waals surface area contributed by atoms with Crippen molar-refractivity contribution in [2.45, 2.75) is 34.3 Å². The van der Waals surface area contributed by atoms with E-state index in [4.69, 9.17) is 9.47 Å². The summed E-state index contributed by atoms with van der Waals surface area (Å²) in [6, 6.07) is 14.2. The van der Waals surface area contributed by atoms with Crippen LogP contribution in [0, 0.1) is 10.8 Å². The topological polar surface area (TPSA) is 43.4 Å². The number of nitrogens with one attached hydrogen (secondary N) is 1. The van der Waals surface area contributed by atoms with Crippen molar-refractivity contribution in [2.24, 2.45) is 10.8 Å². The summed E-state index contributed by atoms with van der Waals surface area (Å²) in [5, 5.41) is 3.47. The number of rotatable bonds is 11. The van der Waals surface area contributed by atoms with E-state index in [1.807, 2.05) is 36.5 Å². The lowest BCUT2D eigenvalue weighted by atomic mass is 9.93. The predicted molar refractivity (Wildman–Crippen MR) is 107 cm³/mol. The number of ether oxygens (including phenoxy) is 2. The molecule has 2 rings (SSSR count). The molecular formula is C22H32N2O2. The van der Waals surface area contributed by atoms with Crippen molar-refractivity contribution in [2.75, 3.05) is 31.7 Å². The minimum atomic E-state index is -0.0227. The molecule has 1 aromatic heterocycles. The summed E-state index contributed by atoms with van der Waals surface area (Å²) in [6.07, 6.45) is 3.61. The molecule has 142 valence electrons. The summed E-state index contributed by atoms with van der Waals surface area (Å²) in [7, 11) is 0. The highest BCUT2D eigenvalue weighted by molar-refractivity contribution is 5.42. The minimum absolute atomic E-state index is 0.0227. The van der Waals surface area contributed by atoms with E-state index in [2.05, 4.69) is 50.1 Å². The lowest BCUT2D eigenvalue weighted by Crippen LogP contribution is -2.32. The lowest BCUT2D eigenvalue weighted by Gasteiger charge is -2.29. The summed E-state index contributed by atoms with van der Waals surface area (Å²) >= 11 is 0. The third-order valence-electron chi connectivity index (χ3n) is 4.01. The van der Waals surface area contributed by atoms with Gasteiger partial charge < -0.3 is 14.8 Å². The fourth-order valence-electron chi connectivity index (χ4n) is 2.52. The Morgan fingerprint density at radius 2 is 1.54 bits per heavy atom. The number of para-hydroxylation sites is 1. The van der Waals surface area contributed by atoms with Gasteiger partial charge in [0.15, 0.2) is 0 Å². The summed E-state index contributed by atoms with van der Waals surface area (Å²) in [4.78, 5) is 4.11. The first-order valence-corrected chi connectivity index (χ1v) is 9.20. The number of nitrogens with zero attached hydrogens (tertiary/aromatic N) is 1. The minimum Gasteiger partial charge on any atom is -0.384 e. The molecule has 0 bridgehead atoms. The van der Waals surface area contributed by atoms with E-state index in [1.54, 1.807) is 6.20 Å². The molecule has 0 saturated carbocycles. The van der Waals surface area contributed by atoms with Crippen LogP contribution in [-0.2, 0) is 16.1 Å². The summed E-state index contributed by atoms with van der Waals surface area (Å²) in [6.45, 7) is 12.3. The van der Waals surface area contributed by atoms with Crippen molar-refractivity contribution >= 4 is 5.69 Å². The Morgan fingerprint density at radius 1 is 0.846 bits per heavy atom. The molecule has 1 heterocycles. The molecule has 26 heavy (non-hydrogen) atoms. The number of pyridine rings is 1. The van der Waals surface area contributed by atoms with E-state index in [1.165, 1.54) is 0 Å². The average molecular weight is 357 g/mol. The zero-order valence-electron chi connectivity index (χ0n) is 16.5. The highest BCUT2D eigenvalue weighted by Gasteiger charge is 2.23. The maximum atomic E-state index is 6.02. The molecule has 0 aliphatic carbocycles. The fourth-order valence-corrected chi connectivity index (χ4v) is 2.52. The molecule has 0 aliphatic rings. The van der Waals surface area contributed by atoms with Crippen LogP contribution in [0.1, 0.15) is 33.3 Å². The molecule has 0 amide bonds. The van der Waals surface area contributed by atoms with E-state index >= 15 is 0 Å². The number of benzene rings is 1. The van der Waals surface area contributed by atoms with Crippen LogP contribution in [0.2, 0.25) is 0 Å². The molecular weight excluding hydrogens is 324 g/mol. The van der Waals surface area contributed by atoms with E-state index in [0.29, 0.717) is 26.4 Å². The smallest absolute Gasteiger partial charge is 0.0732 e. The predicted octanol–water partition coefficient (Wildman–Crippen LogP) is 4.78. The second-order valence-electron chi connectivity index (χ2n) is 8.39. The van der Waals surface area contributed by atoms with Gasteiger partial charge in [0.2, 0.25) is 0 Å². The molecule has 0 radical (unpaired) electrons. The van der Waals surface area contributed by atoms with Gasteiger partial charge in [-0.15, -0.1) is 0 Å². The normalized spacial score (nSPS) is 12.2. The molecule has 0 fully saturated rings. The Hall–Kier alpha value is -1.91. The maximum Gasteiger partial charge on any atom is 0.0732 e. The zero-order chi connectivity index (χ0) is 18.9. The first-order valence-electron chi connectivity index (χ1n) is 9.20. The first-order chi connectivity index (χ1) is 12.4. The van der Waals surface area contributed by atoms with Gasteiger partial charge in [0.05, 0.1) is 26.4 Å². The SMILES string of the molecule is CC(C)(CNc1ccccc1)COCC(C)(C)COCc1cccnc1.